The highest BCUT2D eigenvalue weighted by atomic mass is 79.9. The van der Waals surface area contributed by atoms with E-state index in [1.54, 1.807) is 0 Å². The summed E-state index contributed by atoms with van der Waals surface area (Å²) in [4.78, 5) is 30.8. The highest BCUT2D eigenvalue weighted by Gasteiger charge is 2.43. The van der Waals surface area contributed by atoms with Crippen LogP contribution in [0.5, 0.6) is 0 Å². The third-order valence-electron chi connectivity index (χ3n) is 5.80. The number of rotatable bonds is 5. The van der Waals surface area contributed by atoms with Gasteiger partial charge < -0.3 is 4.74 Å². The van der Waals surface area contributed by atoms with E-state index in [1.807, 2.05) is 61.5 Å². The molecule has 0 radical (unpaired) electrons. The van der Waals surface area contributed by atoms with E-state index >= 15 is 0 Å². The normalized spacial score (nSPS) is 21.1. The van der Waals surface area contributed by atoms with E-state index in [0.29, 0.717) is 30.7 Å². The lowest BCUT2D eigenvalue weighted by atomic mass is 9.69. The van der Waals surface area contributed by atoms with Crippen molar-refractivity contribution < 1.29 is 14.3 Å². The quantitative estimate of drug-likeness (QED) is 0.554. The fourth-order valence-electron chi connectivity index (χ4n) is 4.43. The van der Waals surface area contributed by atoms with Gasteiger partial charge in [0.15, 0.2) is 0 Å². The first-order valence-corrected chi connectivity index (χ1v) is 11.1. The van der Waals surface area contributed by atoms with Crippen LogP contribution in [-0.2, 0) is 20.7 Å². The number of esters is 1. The highest BCUT2D eigenvalue weighted by Crippen LogP contribution is 2.43. The van der Waals surface area contributed by atoms with Crippen LogP contribution in [0.25, 0.3) is 0 Å². The lowest BCUT2D eigenvalue weighted by Gasteiger charge is -2.35. The van der Waals surface area contributed by atoms with Gasteiger partial charge in [0, 0.05) is 34.6 Å². The van der Waals surface area contributed by atoms with Crippen LogP contribution in [-0.4, -0.2) is 24.1 Å². The molecule has 1 saturated carbocycles. The lowest BCUT2D eigenvalue weighted by molar-refractivity contribution is -0.139. The summed E-state index contributed by atoms with van der Waals surface area (Å²) in [6.07, 6.45) is 2.80. The van der Waals surface area contributed by atoms with Gasteiger partial charge in [0.1, 0.15) is 5.78 Å². The Hall–Kier alpha value is -2.53. The van der Waals surface area contributed by atoms with Crippen LogP contribution in [0, 0.1) is 5.92 Å². The molecule has 2 aromatic rings. The number of nitrogens with zero attached hydrogens (tertiary/aromatic N) is 1. The Morgan fingerprint density at radius 2 is 1.90 bits per heavy atom. The zero-order valence-electron chi connectivity index (χ0n) is 16.9. The summed E-state index contributed by atoms with van der Waals surface area (Å²) in [5, 5.41) is 0. The molecule has 1 aliphatic carbocycles. The number of halogens is 1. The van der Waals surface area contributed by atoms with Gasteiger partial charge in [-0.05, 0) is 43.0 Å². The summed E-state index contributed by atoms with van der Waals surface area (Å²) in [5.41, 5.74) is 4.11. The predicted molar refractivity (Wildman–Crippen MR) is 120 cm³/mol. The maximum Gasteiger partial charge on any atom is 0.336 e. The molecule has 2 unspecified atom stereocenters. The first-order valence-electron chi connectivity index (χ1n) is 10.3. The molecule has 0 aromatic heterocycles. The van der Waals surface area contributed by atoms with Gasteiger partial charge in [0.05, 0.1) is 18.1 Å². The molecule has 4 rings (SSSR count). The molecule has 0 saturated heterocycles. The van der Waals surface area contributed by atoms with E-state index < -0.39 is 0 Å². The standard InChI is InChI=1S/C25H24BrNO3/c1-16-22(25(29)30-14-13-17-7-3-2-4-8-17)23(18-9-5-10-19(26)15-18)24-20(27-16)11-6-12-21(24)28/h2-5,7-10,15,23-24H,6,11-14H2,1H3. The molecular formula is C25H24BrNO3. The Kier molecular flexibility index (Phi) is 6.28. The second-order valence-electron chi connectivity index (χ2n) is 7.80. The molecule has 5 heteroatoms. The van der Waals surface area contributed by atoms with Crippen LogP contribution >= 0.6 is 15.9 Å². The van der Waals surface area contributed by atoms with Crippen LogP contribution in [0.1, 0.15) is 43.2 Å². The van der Waals surface area contributed by atoms with Crippen molar-refractivity contribution in [3.05, 3.63) is 81.5 Å². The number of Topliss-reactive ketones (excluding diaryl/α,β-unsaturated/α-hetero) is 1. The first kappa shape index (κ1) is 20.7. The molecule has 1 aliphatic heterocycles. The Labute approximate surface area is 185 Å². The Morgan fingerprint density at radius 1 is 1.10 bits per heavy atom. The van der Waals surface area contributed by atoms with E-state index in [2.05, 4.69) is 20.9 Å². The minimum Gasteiger partial charge on any atom is -0.462 e. The van der Waals surface area contributed by atoms with E-state index in [0.717, 1.165) is 34.2 Å². The van der Waals surface area contributed by atoms with E-state index in [9.17, 15) is 9.59 Å². The van der Waals surface area contributed by atoms with Gasteiger partial charge in [0.25, 0.3) is 0 Å². The first-order chi connectivity index (χ1) is 14.5. The van der Waals surface area contributed by atoms with Gasteiger partial charge in [-0.25, -0.2) is 4.79 Å². The molecular weight excluding hydrogens is 442 g/mol. The number of allylic oxidation sites excluding steroid dienone is 1. The smallest absolute Gasteiger partial charge is 0.336 e. The molecule has 4 nitrogen and oxygen atoms in total. The minimum absolute atomic E-state index is 0.159. The monoisotopic (exact) mass is 465 g/mol. The van der Waals surface area contributed by atoms with Gasteiger partial charge in [-0.1, -0.05) is 58.4 Å². The fourth-order valence-corrected chi connectivity index (χ4v) is 4.85. The molecule has 2 aromatic carbocycles. The number of hydrogen-bond acceptors (Lipinski definition) is 4. The van der Waals surface area contributed by atoms with Gasteiger partial charge >= 0.3 is 5.97 Å². The van der Waals surface area contributed by atoms with Crippen molar-refractivity contribution in [2.24, 2.45) is 10.9 Å². The summed E-state index contributed by atoms with van der Waals surface area (Å²) >= 11 is 3.52. The van der Waals surface area contributed by atoms with Crippen LogP contribution in [0.4, 0.5) is 0 Å². The van der Waals surface area contributed by atoms with Crippen LogP contribution in [0.2, 0.25) is 0 Å². The molecule has 0 bridgehead atoms. The van der Waals surface area contributed by atoms with Crippen molar-refractivity contribution in [3.8, 4) is 0 Å². The number of aliphatic imine (C=N–C) groups is 1. The van der Waals surface area contributed by atoms with Gasteiger partial charge in [-0.15, -0.1) is 0 Å². The second kappa shape index (κ2) is 9.09. The van der Waals surface area contributed by atoms with Crippen molar-refractivity contribution in [3.63, 3.8) is 0 Å². The van der Waals surface area contributed by atoms with E-state index in [-0.39, 0.29) is 23.6 Å². The topological polar surface area (TPSA) is 55.7 Å². The molecule has 30 heavy (non-hydrogen) atoms. The fraction of sp³-hybridized carbons (Fsp3) is 0.320. The number of benzene rings is 2. The minimum atomic E-state index is -0.381. The zero-order chi connectivity index (χ0) is 21.1. The van der Waals surface area contributed by atoms with Crippen LogP contribution in [0.3, 0.4) is 0 Å². The highest BCUT2D eigenvalue weighted by molar-refractivity contribution is 9.10. The Morgan fingerprint density at radius 3 is 2.67 bits per heavy atom. The van der Waals surface area contributed by atoms with Crippen LogP contribution < -0.4 is 0 Å². The van der Waals surface area contributed by atoms with Gasteiger partial charge in [-0.3, -0.25) is 9.79 Å². The number of ketones is 1. The molecule has 2 aliphatic rings. The maximum atomic E-state index is 13.2. The summed E-state index contributed by atoms with van der Waals surface area (Å²) in [6, 6.07) is 17.8. The predicted octanol–water partition coefficient (Wildman–Crippen LogP) is 5.42. The van der Waals surface area contributed by atoms with E-state index in [4.69, 9.17) is 4.74 Å². The Balaban J connectivity index is 1.64. The third-order valence-corrected chi connectivity index (χ3v) is 6.30. The van der Waals surface area contributed by atoms with Gasteiger partial charge in [0.2, 0.25) is 0 Å². The molecule has 154 valence electrons. The molecule has 0 N–H and O–H groups in total. The zero-order valence-corrected chi connectivity index (χ0v) is 18.5. The number of fused-ring (bicyclic) bond motifs is 1. The average molecular weight is 466 g/mol. The number of ether oxygens (including phenoxy) is 1. The van der Waals surface area contributed by atoms with Gasteiger partial charge in [-0.2, -0.15) is 0 Å². The SMILES string of the molecule is CC1=C(C(=O)OCCc2ccccc2)C(c2cccc(Br)c2)C2C(=O)CCCC2=N1. The number of hydrogen-bond donors (Lipinski definition) is 0. The second-order valence-corrected chi connectivity index (χ2v) is 8.72. The summed E-state index contributed by atoms with van der Waals surface area (Å²) < 4.78 is 6.58. The Bertz CT molecular complexity index is 1030. The summed E-state index contributed by atoms with van der Waals surface area (Å²) in [7, 11) is 0. The van der Waals surface area contributed by atoms with Crippen molar-refractivity contribution in [2.75, 3.05) is 6.61 Å². The molecule has 0 spiro atoms. The van der Waals surface area contributed by atoms with Crippen molar-refractivity contribution in [1.82, 2.24) is 0 Å². The molecule has 1 heterocycles. The van der Waals surface area contributed by atoms with Crippen molar-refractivity contribution in [2.45, 2.75) is 38.5 Å². The number of carbonyl (C=O) groups excluding carboxylic acids is 2. The van der Waals surface area contributed by atoms with Crippen LogP contribution in [0.15, 0.2) is 75.3 Å². The summed E-state index contributed by atoms with van der Waals surface area (Å²) in [5.74, 6) is -0.956. The summed E-state index contributed by atoms with van der Waals surface area (Å²) in [6.45, 7) is 2.14. The molecule has 0 amide bonds. The third kappa shape index (κ3) is 4.31. The largest absolute Gasteiger partial charge is 0.462 e. The lowest BCUT2D eigenvalue weighted by Crippen LogP contribution is -2.39. The molecule has 2 atom stereocenters. The van der Waals surface area contributed by atoms with Crippen molar-refractivity contribution in [1.29, 1.82) is 0 Å². The molecule has 1 fully saturated rings. The van der Waals surface area contributed by atoms with E-state index in [1.165, 1.54) is 0 Å². The van der Waals surface area contributed by atoms with Crippen molar-refractivity contribution >= 4 is 33.4 Å². The number of carbonyl (C=O) groups is 2. The average Bonchev–Trinajstić information content (AvgIpc) is 2.73. The maximum absolute atomic E-state index is 13.2.